The predicted octanol–water partition coefficient (Wildman–Crippen LogP) is -0.223. The molecule has 0 aromatic carbocycles. The molecular formula is C8H17NO2S. The maximum Gasteiger partial charge on any atom is 0.0897 e. The van der Waals surface area contributed by atoms with E-state index in [1.807, 2.05) is 11.8 Å². The summed E-state index contributed by atoms with van der Waals surface area (Å²) >= 11 is 1.96. The average Bonchev–Trinajstić information content (AvgIpc) is 2.09. The molecular weight excluding hydrogens is 174 g/mol. The minimum Gasteiger partial charge on any atom is -0.394 e. The maximum absolute atomic E-state index is 9.23. The fourth-order valence-corrected chi connectivity index (χ4v) is 2.44. The van der Waals surface area contributed by atoms with Gasteiger partial charge in [0.05, 0.1) is 12.7 Å². The Balaban J connectivity index is 2.28. The van der Waals surface area contributed by atoms with Gasteiger partial charge in [0, 0.05) is 30.6 Å². The Morgan fingerprint density at radius 1 is 1.67 bits per heavy atom. The molecule has 72 valence electrons. The van der Waals surface area contributed by atoms with Gasteiger partial charge in [0.25, 0.3) is 0 Å². The van der Waals surface area contributed by atoms with E-state index in [-0.39, 0.29) is 6.61 Å². The van der Waals surface area contributed by atoms with E-state index < -0.39 is 6.10 Å². The largest absolute Gasteiger partial charge is 0.394 e. The van der Waals surface area contributed by atoms with Crippen LogP contribution in [0.1, 0.15) is 6.92 Å². The number of thioether (sulfide) groups is 1. The zero-order chi connectivity index (χ0) is 8.97. The minimum atomic E-state index is -0.574. The van der Waals surface area contributed by atoms with Gasteiger partial charge in [-0.1, -0.05) is 0 Å². The second-order valence-electron chi connectivity index (χ2n) is 3.26. The molecule has 12 heavy (non-hydrogen) atoms. The van der Waals surface area contributed by atoms with Gasteiger partial charge in [0.2, 0.25) is 0 Å². The molecule has 0 spiro atoms. The van der Waals surface area contributed by atoms with Crippen molar-refractivity contribution in [2.75, 3.05) is 31.2 Å². The first-order chi connectivity index (χ1) is 5.74. The van der Waals surface area contributed by atoms with Crippen molar-refractivity contribution in [1.29, 1.82) is 0 Å². The van der Waals surface area contributed by atoms with E-state index in [9.17, 15) is 5.11 Å². The van der Waals surface area contributed by atoms with Crippen molar-refractivity contribution in [3.05, 3.63) is 0 Å². The van der Waals surface area contributed by atoms with Crippen molar-refractivity contribution < 1.29 is 10.2 Å². The van der Waals surface area contributed by atoms with Crippen LogP contribution >= 0.6 is 11.8 Å². The first-order valence-corrected chi connectivity index (χ1v) is 5.50. The lowest BCUT2D eigenvalue weighted by atomic mass is 10.2. The highest BCUT2D eigenvalue weighted by atomic mass is 32.2. The average molecular weight is 191 g/mol. The molecule has 1 rings (SSSR count). The summed E-state index contributed by atoms with van der Waals surface area (Å²) in [6.07, 6.45) is -0.574. The molecule has 1 saturated heterocycles. The van der Waals surface area contributed by atoms with Crippen LogP contribution in [0, 0.1) is 0 Å². The van der Waals surface area contributed by atoms with Crippen molar-refractivity contribution >= 4 is 11.8 Å². The lowest BCUT2D eigenvalue weighted by Gasteiger charge is -2.33. The second kappa shape index (κ2) is 5.07. The highest BCUT2D eigenvalue weighted by Crippen LogP contribution is 2.15. The monoisotopic (exact) mass is 191 g/mol. The highest BCUT2D eigenvalue weighted by molar-refractivity contribution is 7.99. The minimum absolute atomic E-state index is 0.129. The van der Waals surface area contributed by atoms with Crippen LogP contribution in [0.5, 0.6) is 0 Å². The number of nitrogens with zero attached hydrogens (tertiary/aromatic N) is 1. The Morgan fingerprint density at radius 3 is 3.00 bits per heavy atom. The first-order valence-electron chi connectivity index (χ1n) is 4.34. The number of hydrogen-bond acceptors (Lipinski definition) is 4. The summed E-state index contributed by atoms with van der Waals surface area (Å²) in [4.78, 5) is 2.23. The third-order valence-electron chi connectivity index (χ3n) is 2.16. The molecule has 2 atom stereocenters. The SMILES string of the molecule is CC1CSCCN1CC(O)CO. The summed E-state index contributed by atoms with van der Waals surface area (Å²) in [6, 6.07) is 0.532. The van der Waals surface area contributed by atoms with Crippen LogP contribution in [0.2, 0.25) is 0 Å². The van der Waals surface area contributed by atoms with Gasteiger partial charge in [-0.05, 0) is 6.92 Å². The first kappa shape index (κ1) is 10.3. The second-order valence-corrected chi connectivity index (χ2v) is 4.41. The molecule has 0 aliphatic carbocycles. The number of β-amino-alcohol motifs (C(OH)–C–C–N with tert-alkyl or cyclic N) is 1. The molecule has 0 amide bonds. The molecule has 4 heteroatoms. The molecule has 1 aliphatic rings. The smallest absolute Gasteiger partial charge is 0.0897 e. The third-order valence-corrected chi connectivity index (χ3v) is 3.35. The molecule has 0 aromatic rings. The molecule has 1 aliphatic heterocycles. The molecule has 2 N–H and O–H groups in total. The topological polar surface area (TPSA) is 43.7 Å². The third kappa shape index (κ3) is 2.94. The summed E-state index contributed by atoms with van der Waals surface area (Å²) in [7, 11) is 0. The van der Waals surface area contributed by atoms with Crippen molar-refractivity contribution in [2.45, 2.75) is 19.1 Å². The fourth-order valence-electron chi connectivity index (χ4n) is 1.36. The summed E-state index contributed by atoms with van der Waals surface area (Å²) in [6.45, 7) is 3.67. The van der Waals surface area contributed by atoms with E-state index in [4.69, 9.17) is 5.11 Å². The Morgan fingerprint density at radius 2 is 2.42 bits per heavy atom. The van der Waals surface area contributed by atoms with Crippen LogP contribution in [0.15, 0.2) is 0 Å². The lowest BCUT2D eigenvalue weighted by molar-refractivity contribution is 0.0513. The molecule has 3 nitrogen and oxygen atoms in total. The van der Waals surface area contributed by atoms with Gasteiger partial charge in [-0.25, -0.2) is 0 Å². The van der Waals surface area contributed by atoms with E-state index in [2.05, 4.69) is 11.8 Å². The fraction of sp³-hybridized carbons (Fsp3) is 1.00. The zero-order valence-corrected chi connectivity index (χ0v) is 8.26. The van der Waals surface area contributed by atoms with E-state index in [0.717, 1.165) is 18.1 Å². The quantitative estimate of drug-likeness (QED) is 0.647. The Hall–Kier alpha value is 0.230. The standard InChI is InChI=1S/C8H17NO2S/c1-7-6-12-3-2-9(7)4-8(11)5-10/h7-8,10-11H,2-6H2,1H3. The van der Waals surface area contributed by atoms with Gasteiger partial charge in [-0.3, -0.25) is 4.90 Å². The summed E-state index contributed by atoms with van der Waals surface area (Å²) < 4.78 is 0. The molecule has 2 unspecified atom stereocenters. The Labute approximate surface area is 77.8 Å². The highest BCUT2D eigenvalue weighted by Gasteiger charge is 2.20. The lowest BCUT2D eigenvalue weighted by Crippen LogP contribution is -2.45. The predicted molar refractivity (Wildman–Crippen MR) is 51.5 cm³/mol. The van der Waals surface area contributed by atoms with Gasteiger partial charge < -0.3 is 10.2 Å². The maximum atomic E-state index is 9.23. The van der Waals surface area contributed by atoms with Crippen LogP contribution < -0.4 is 0 Å². The van der Waals surface area contributed by atoms with Crippen molar-refractivity contribution in [3.63, 3.8) is 0 Å². The van der Waals surface area contributed by atoms with Crippen molar-refractivity contribution in [1.82, 2.24) is 4.90 Å². The van der Waals surface area contributed by atoms with Gasteiger partial charge in [-0.15, -0.1) is 0 Å². The van der Waals surface area contributed by atoms with Gasteiger partial charge in [0.15, 0.2) is 0 Å². The van der Waals surface area contributed by atoms with E-state index in [0.29, 0.717) is 12.6 Å². The van der Waals surface area contributed by atoms with Crippen molar-refractivity contribution in [3.8, 4) is 0 Å². The Bertz CT molecular complexity index is 134. The molecule has 1 fully saturated rings. The molecule has 0 radical (unpaired) electrons. The van der Waals surface area contributed by atoms with Crippen LogP contribution in [-0.2, 0) is 0 Å². The van der Waals surface area contributed by atoms with Crippen LogP contribution in [0.3, 0.4) is 0 Å². The number of aliphatic hydroxyl groups is 2. The van der Waals surface area contributed by atoms with Gasteiger partial charge in [0.1, 0.15) is 0 Å². The zero-order valence-electron chi connectivity index (χ0n) is 7.44. The van der Waals surface area contributed by atoms with Gasteiger partial charge >= 0.3 is 0 Å². The molecule has 1 heterocycles. The van der Waals surface area contributed by atoms with Crippen molar-refractivity contribution in [2.24, 2.45) is 0 Å². The summed E-state index contributed by atoms with van der Waals surface area (Å²) in [5.41, 5.74) is 0. The Kier molecular flexibility index (Phi) is 4.35. The number of hydrogen-bond donors (Lipinski definition) is 2. The summed E-state index contributed by atoms with van der Waals surface area (Å²) in [5.74, 6) is 2.28. The number of aliphatic hydroxyl groups excluding tert-OH is 2. The van der Waals surface area contributed by atoms with E-state index >= 15 is 0 Å². The number of rotatable bonds is 3. The molecule has 0 saturated carbocycles. The van der Waals surface area contributed by atoms with Crippen LogP contribution in [0.25, 0.3) is 0 Å². The summed E-state index contributed by atoms with van der Waals surface area (Å²) in [5, 5.41) is 17.9. The van der Waals surface area contributed by atoms with Gasteiger partial charge in [-0.2, -0.15) is 11.8 Å². The normalized spacial score (nSPS) is 28.8. The van der Waals surface area contributed by atoms with E-state index in [1.54, 1.807) is 0 Å². The van der Waals surface area contributed by atoms with Crippen LogP contribution in [-0.4, -0.2) is 58.5 Å². The molecule has 0 bridgehead atoms. The van der Waals surface area contributed by atoms with E-state index in [1.165, 1.54) is 0 Å². The molecule has 0 aromatic heterocycles. The van der Waals surface area contributed by atoms with Crippen LogP contribution in [0.4, 0.5) is 0 Å².